The first-order valence-electron chi connectivity index (χ1n) is 5.50. The molecule has 0 aliphatic heterocycles. The van der Waals surface area contributed by atoms with E-state index in [-0.39, 0.29) is 6.04 Å². The van der Waals surface area contributed by atoms with Crippen LogP contribution in [0, 0.1) is 0 Å². The zero-order valence-electron chi connectivity index (χ0n) is 9.99. The molecule has 1 unspecified atom stereocenters. The normalized spacial score (nSPS) is 14.1. The number of fused-ring (bicyclic) bond motifs is 1. The lowest BCUT2D eigenvalue weighted by molar-refractivity contribution is -0.137. The van der Waals surface area contributed by atoms with Crippen LogP contribution in [-0.4, -0.2) is 27.7 Å². The molecule has 1 atom stereocenters. The lowest BCUT2D eigenvalue weighted by atomic mass is 10.2. The highest BCUT2D eigenvalue weighted by atomic mass is 19.4. The predicted octanol–water partition coefficient (Wildman–Crippen LogP) is 1.90. The van der Waals surface area contributed by atoms with Crippen LogP contribution in [0.3, 0.4) is 0 Å². The van der Waals surface area contributed by atoms with Crippen LogP contribution in [0.5, 0.6) is 0 Å². The summed E-state index contributed by atoms with van der Waals surface area (Å²) in [6.45, 7) is 1.95. The van der Waals surface area contributed by atoms with Crippen molar-refractivity contribution in [3.05, 3.63) is 29.7 Å². The molecule has 0 radical (unpaired) electrons. The number of pyridine rings is 1. The summed E-state index contributed by atoms with van der Waals surface area (Å²) in [5.74, 6) is 0.524. The van der Waals surface area contributed by atoms with E-state index in [1.807, 2.05) is 14.0 Å². The third-order valence-electron chi connectivity index (χ3n) is 2.68. The van der Waals surface area contributed by atoms with Gasteiger partial charge >= 0.3 is 6.18 Å². The summed E-state index contributed by atoms with van der Waals surface area (Å²) in [4.78, 5) is 4.17. The van der Waals surface area contributed by atoms with Gasteiger partial charge in [0.05, 0.1) is 5.56 Å². The van der Waals surface area contributed by atoms with Crippen LogP contribution in [-0.2, 0) is 12.6 Å². The molecule has 2 heterocycles. The van der Waals surface area contributed by atoms with E-state index in [1.54, 1.807) is 0 Å². The second kappa shape index (κ2) is 4.56. The largest absolute Gasteiger partial charge is 0.417 e. The summed E-state index contributed by atoms with van der Waals surface area (Å²) in [5.41, 5.74) is -0.311. The molecule has 0 aliphatic rings. The number of hydrogen-bond donors (Lipinski definition) is 1. The van der Waals surface area contributed by atoms with E-state index in [4.69, 9.17) is 0 Å². The summed E-state index contributed by atoms with van der Waals surface area (Å²) in [7, 11) is 1.81. The van der Waals surface area contributed by atoms with Gasteiger partial charge in [-0.2, -0.15) is 18.3 Å². The summed E-state index contributed by atoms with van der Waals surface area (Å²) < 4.78 is 38.7. The fourth-order valence-corrected chi connectivity index (χ4v) is 1.56. The van der Waals surface area contributed by atoms with Gasteiger partial charge in [-0.05, 0) is 26.1 Å². The minimum Gasteiger partial charge on any atom is -0.317 e. The quantitative estimate of drug-likeness (QED) is 0.914. The highest BCUT2D eigenvalue weighted by Gasteiger charge is 2.31. The maximum Gasteiger partial charge on any atom is 0.417 e. The van der Waals surface area contributed by atoms with Crippen LogP contribution in [0.15, 0.2) is 18.3 Å². The number of aromatic nitrogens is 3. The molecule has 0 saturated carbocycles. The van der Waals surface area contributed by atoms with E-state index in [1.165, 1.54) is 10.6 Å². The van der Waals surface area contributed by atoms with Crippen LogP contribution in [0.1, 0.15) is 18.3 Å². The minimum atomic E-state index is -4.36. The van der Waals surface area contributed by atoms with Gasteiger partial charge in [0.25, 0.3) is 0 Å². The molecule has 18 heavy (non-hydrogen) atoms. The van der Waals surface area contributed by atoms with Crippen molar-refractivity contribution in [3.8, 4) is 0 Å². The van der Waals surface area contributed by atoms with Gasteiger partial charge in [-0.1, -0.05) is 0 Å². The van der Waals surface area contributed by atoms with E-state index in [9.17, 15) is 13.2 Å². The maximum atomic E-state index is 12.5. The Kier molecular flexibility index (Phi) is 3.25. The first-order chi connectivity index (χ1) is 8.40. The molecule has 0 saturated heterocycles. The Bertz CT molecular complexity index is 547. The van der Waals surface area contributed by atoms with E-state index >= 15 is 0 Å². The lowest BCUT2D eigenvalue weighted by Crippen LogP contribution is -2.24. The molecule has 2 aromatic heterocycles. The molecule has 4 nitrogen and oxygen atoms in total. The number of rotatable bonds is 3. The predicted molar refractivity (Wildman–Crippen MR) is 60.2 cm³/mol. The summed E-state index contributed by atoms with van der Waals surface area (Å²) in [5, 5.41) is 7.06. The molecule has 0 fully saturated rings. The van der Waals surface area contributed by atoms with Crippen molar-refractivity contribution in [1.29, 1.82) is 0 Å². The molecule has 7 heteroatoms. The average molecular weight is 258 g/mol. The zero-order valence-corrected chi connectivity index (χ0v) is 9.99. The van der Waals surface area contributed by atoms with E-state index in [0.717, 1.165) is 12.3 Å². The Hall–Kier alpha value is -1.63. The van der Waals surface area contributed by atoms with Crippen molar-refractivity contribution in [2.24, 2.45) is 0 Å². The van der Waals surface area contributed by atoms with Gasteiger partial charge < -0.3 is 5.32 Å². The SMILES string of the molecule is CNC(C)Cc1nc2ccc(C(F)(F)F)cn2n1. The molecule has 0 aliphatic carbocycles. The summed E-state index contributed by atoms with van der Waals surface area (Å²) >= 11 is 0. The molecule has 0 aromatic carbocycles. The van der Waals surface area contributed by atoms with Crippen molar-refractivity contribution in [2.45, 2.75) is 25.6 Å². The highest BCUT2D eigenvalue weighted by molar-refractivity contribution is 5.39. The first kappa shape index (κ1) is 12.8. The second-order valence-corrected chi connectivity index (χ2v) is 4.14. The van der Waals surface area contributed by atoms with Crippen molar-refractivity contribution in [3.63, 3.8) is 0 Å². The summed E-state index contributed by atoms with van der Waals surface area (Å²) in [6, 6.07) is 2.50. The van der Waals surface area contributed by atoms with Crippen molar-refractivity contribution in [2.75, 3.05) is 7.05 Å². The molecular formula is C11H13F3N4. The van der Waals surface area contributed by atoms with Gasteiger partial charge in [-0.3, -0.25) is 0 Å². The topological polar surface area (TPSA) is 42.2 Å². The first-order valence-corrected chi connectivity index (χ1v) is 5.50. The Morgan fingerprint density at radius 1 is 1.39 bits per heavy atom. The molecule has 1 N–H and O–H groups in total. The number of nitrogens with zero attached hydrogens (tertiary/aromatic N) is 3. The second-order valence-electron chi connectivity index (χ2n) is 4.14. The molecular weight excluding hydrogens is 245 g/mol. The number of nitrogens with one attached hydrogen (secondary N) is 1. The van der Waals surface area contributed by atoms with Crippen molar-refractivity contribution < 1.29 is 13.2 Å². The smallest absolute Gasteiger partial charge is 0.317 e. The third kappa shape index (κ3) is 2.61. The van der Waals surface area contributed by atoms with Crippen LogP contribution >= 0.6 is 0 Å². The number of hydrogen-bond acceptors (Lipinski definition) is 3. The van der Waals surface area contributed by atoms with Gasteiger partial charge in [0.15, 0.2) is 11.5 Å². The number of alkyl halides is 3. The maximum absolute atomic E-state index is 12.5. The van der Waals surface area contributed by atoms with Gasteiger partial charge in [0.2, 0.25) is 0 Å². The Balaban J connectivity index is 2.34. The van der Waals surface area contributed by atoms with E-state index < -0.39 is 11.7 Å². The Morgan fingerprint density at radius 3 is 2.72 bits per heavy atom. The van der Waals surface area contributed by atoms with E-state index in [2.05, 4.69) is 15.4 Å². The fourth-order valence-electron chi connectivity index (χ4n) is 1.56. The van der Waals surface area contributed by atoms with Crippen LogP contribution in [0.25, 0.3) is 5.65 Å². The lowest BCUT2D eigenvalue weighted by Gasteiger charge is -2.05. The molecule has 0 amide bonds. The van der Waals surface area contributed by atoms with Crippen LogP contribution in [0.4, 0.5) is 13.2 Å². The van der Waals surface area contributed by atoms with Gasteiger partial charge in [0.1, 0.15) is 0 Å². The number of likely N-dealkylation sites (N-methyl/N-ethyl adjacent to an activating group) is 1. The Morgan fingerprint density at radius 2 is 2.11 bits per heavy atom. The van der Waals surface area contributed by atoms with Gasteiger partial charge in [0, 0.05) is 18.7 Å². The number of halogens is 3. The Labute approximate surface area is 102 Å². The zero-order chi connectivity index (χ0) is 13.3. The monoisotopic (exact) mass is 258 g/mol. The highest BCUT2D eigenvalue weighted by Crippen LogP contribution is 2.28. The molecule has 0 bridgehead atoms. The molecule has 2 aromatic rings. The molecule has 98 valence electrons. The fraction of sp³-hybridized carbons (Fsp3) is 0.455. The minimum absolute atomic E-state index is 0.171. The molecule has 2 rings (SSSR count). The van der Waals surface area contributed by atoms with Gasteiger partial charge in [-0.15, -0.1) is 0 Å². The summed E-state index contributed by atoms with van der Waals surface area (Å²) in [6.07, 6.45) is -2.84. The van der Waals surface area contributed by atoms with Crippen LogP contribution in [0.2, 0.25) is 0 Å². The standard InChI is InChI=1S/C11H13F3N4/c1-7(15-2)5-9-16-10-4-3-8(11(12,13)14)6-18(10)17-9/h3-4,6-7,15H,5H2,1-2H3. The average Bonchev–Trinajstić information content (AvgIpc) is 2.68. The molecule has 0 spiro atoms. The van der Waals surface area contributed by atoms with E-state index in [0.29, 0.717) is 17.9 Å². The van der Waals surface area contributed by atoms with Crippen molar-refractivity contribution in [1.82, 2.24) is 19.9 Å². The third-order valence-corrected chi connectivity index (χ3v) is 2.68. The van der Waals surface area contributed by atoms with Gasteiger partial charge in [-0.25, -0.2) is 9.50 Å². The van der Waals surface area contributed by atoms with Crippen molar-refractivity contribution >= 4 is 5.65 Å². The van der Waals surface area contributed by atoms with Crippen LogP contribution < -0.4 is 5.32 Å².